The molecule has 6 rings (SSSR count). The van der Waals surface area contributed by atoms with Gasteiger partial charge < -0.3 is 21.1 Å². The van der Waals surface area contributed by atoms with Gasteiger partial charge in [0.25, 0.3) is 11.8 Å². The number of hydrogen-bond donors (Lipinski definition) is 4. The van der Waals surface area contributed by atoms with Gasteiger partial charge in [0.1, 0.15) is 0 Å². The highest BCUT2D eigenvalue weighted by Crippen LogP contribution is 2.39. The standard InChI is InChI=1S/C33H35N5O5/c1-20-16-27-28(17-26(20)33(41)42)36-31(39)29(27)30(21-6-4-3-5-7-21)35-23-10-8-22(9-11-23)32(40)37(2)43-15-14-38-18-24-12-13-25(19-38)34-24/h3-11,16-17,24-25,34-35H,12-15,18-19H2,1-2H3,(H,36,39)(H,41,42). The summed E-state index contributed by atoms with van der Waals surface area (Å²) in [5.74, 6) is -1.63. The predicted molar refractivity (Wildman–Crippen MR) is 165 cm³/mol. The van der Waals surface area contributed by atoms with E-state index in [1.54, 1.807) is 44.3 Å². The van der Waals surface area contributed by atoms with Gasteiger partial charge in [0.15, 0.2) is 0 Å². The third kappa shape index (κ3) is 6.03. The number of fused-ring (bicyclic) bond motifs is 3. The van der Waals surface area contributed by atoms with Crippen LogP contribution in [0, 0.1) is 6.92 Å². The molecule has 0 aliphatic carbocycles. The molecule has 0 saturated carbocycles. The van der Waals surface area contributed by atoms with E-state index < -0.39 is 5.97 Å². The van der Waals surface area contributed by atoms with E-state index in [-0.39, 0.29) is 17.4 Å². The molecule has 0 aromatic heterocycles. The summed E-state index contributed by atoms with van der Waals surface area (Å²) < 4.78 is 0. The number of carbonyl (C=O) groups is 3. The molecule has 3 aliphatic rings. The van der Waals surface area contributed by atoms with Gasteiger partial charge in [0.05, 0.1) is 29.1 Å². The van der Waals surface area contributed by atoms with E-state index in [9.17, 15) is 19.5 Å². The maximum Gasteiger partial charge on any atom is 0.336 e. The Morgan fingerprint density at radius 3 is 2.40 bits per heavy atom. The van der Waals surface area contributed by atoms with Crippen molar-refractivity contribution in [3.63, 3.8) is 0 Å². The first-order chi connectivity index (χ1) is 20.8. The highest BCUT2D eigenvalue weighted by molar-refractivity contribution is 6.37. The van der Waals surface area contributed by atoms with Crippen molar-refractivity contribution in [1.82, 2.24) is 15.3 Å². The van der Waals surface area contributed by atoms with Crippen LogP contribution in [0.4, 0.5) is 11.4 Å². The SMILES string of the molecule is Cc1cc2c(cc1C(=O)O)NC(=O)C2=C(Nc1ccc(C(=O)N(C)OCCN2CC3CCC(C2)N3)cc1)c1ccccc1. The molecule has 0 radical (unpaired) electrons. The molecule has 43 heavy (non-hydrogen) atoms. The summed E-state index contributed by atoms with van der Waals surface area (Å²) in [6.07, 6.45) is 2.45. The lowest BCUT2D eigenvalue weighted by atomic mass is 9.96. The highest BCUT2D eigenvalue weighted by atomic mass is 16.7. The fraction of sp³-hybridized carbons (Fsp3) is 0.303. The number of carboxylic acids is 1. The number of carbonyl (C=O) groups excluding carboxylic acids is 2. The van der Waals surface area contributed by atoms with Gasteiger partial charge >= 0.3 is 5.97 Å². The minimum absolute atomic E-state index is 0.138. The van der Waals surface area contributed by atoms with Crippen LogP contribution < -0.4 is 16.0 Å². The van der Waals surface area contributed by atoms with E-state index in [4.69, 9.17) is 4.84 Å². The number of piperazine rings is 1. The van der Waals surface area contributed by atoms with Crippen LogP contribution in [0.5, 0.6) is 0 Å². The maximum atomic E-state index is 13.2. The molecule has 2 atom stereocenters. The summed E-state index contributed by atoms with van der Waals surface area (Å²) in [7, 11) is 1.63. The first-order valence-electron chi connectivity index (χ1n) is 14.5. The Bertz CT molecular complexity index is 1580. The van der Waals surface area contributed by atoms with Crippen molar-refractivity contribution >= 4 is 40.4 Å². The molecule has 222 valence electrons. The van der Waals surface area contributed by atoms with Gasteiger partial charge in [-0.25, -0.2) is 9.86 Å². The second-order valence-electron chi connectivity index (χ2n) is 11.3. The lowest BCUT2D eigenvalue weighted by molar-refractivity contribution is -0.111. The molecule has 0 spiro atoms. The monoisotopic (exact) mass is 581 g/mol. The van der Waals surface area contributed by atoms with Crippen LogP contribution in [0.3, 0.4) is 0 Å². The predicted octanol–water partition coefficient (Wildman–Crippen LogP) is 4.07. The van der Waals surface area contributed by atoms with E-state index in [1.807, 2.05) is 30.3 Å². The number of carboxylic acid groups (broad SMARTS) is 1. The number of amides is 2. The topological polar surface area (TPSA) is 123 Å². The number of aryl methyl sites for hydroxylation is 1. The molecular formula is C33H35N5O5. The number of rotatable bonds is 9. The van der Waals surface area contributed by atoms with Gasteiger partial charge in [-0.2, -0.15) is 0 Å². The lowest BCUT2D eigenvalue weighted by Gasteiger charge is -2.32. The molecular weight excluding hydrogens is 546 g/mol. The van der Waals surface area contributed by atoms with Gasteiger partial charge in [0.2, 0.25) is 0 Å². The van der Waals surface area contributed by atoms with Gasteiger partial charge in [-0.05, 0) is 67.3 Å². The van der Waals surface area contributed by atoms with E-state index in [1.165, 1.54) is 24.0 Å². The zero-order valence-electron chi connectivity index (χ0n) is 24.2. The maximum absolute atomic E-state index is 13.2. The number of aromatic carboxylic acids is 1. The number of nitrogens with one attached hydrogen (secondary N) is 3. The zero-order chi connectivity index (χ0) is 30.1. The van der Waals surface area contributed by atoms with Crippen LogP contribution in [0.25, 0.3) is 11.3 Å². The Kier molecular flexibility index (Phi) is 7.98. The molecule has 3 aromatic carbocycles. The Morgan fingerprint density at radius 1 is 1.02 bits per heavy atom. The summed E-state index contributed by atoms with van der Waals surface area (Å²) in [5.41, 5.74) is 4.69. The number of benzene rings is 3. The molecule has 3 aliphatic heterocycles. The van der Waals surface area contributed by atoms with E-state index in [2.05, 4.69) is 20.9 Å². The van der Waals surface area contributed by atoms with Crippen LogP contribution >= 0.6 is 0 Å². The largest absolute Gasteiger partial charge is 0.478 e. The first-order valence-corrected chi connectivity index (χ1v) is 14.5. The fourth-order valence-electron chi connectivity index (χ4n) is 6.15. The third-order valence-corrected chi connectivity index (χ3v) is 8.32. The van der Waals surface area contributed by atoms with Crippen LogP contribution in [0.2, 0.25) is 0 Å². The van der Waals surface area contributed by atoms with Gasteiger partial charge in [-0.1, -0.05) is 30.3 Å². The molecule has 10 heteroatoms. The van der Waals surface area contributed by atoms with Gasteiger partial charge in [0, 0.05) is 55.6 Å². The number of hydroxylamine groups is 2. The minimum atomic E-state index is -1.05. The molecule has 4 N–H and O–H groups in total. The van der Waals surface area contributed by atoms with Crippen LogP contribution in [0.15, 0.2) is 66.7 Å². The van der Waals surface area contributed by atoms with E-state index in [0.717, 1.165) is 25.2 Å². The number of hydrogen-bond acceptors (Lipinski definition) is 7. The molecule has 2 amide bonds. The molecule has 2 bridgehead atoms. The molecule has 3 aromatic rings. The number of likely N-dealkylation sites (tertiary alicyclic amines) is 1. The average molecular weight is 582 g/mol. The van der Waals surface area contributed by atoms with Crippen molar-refractivity contribution in [2.75, 3.05) is 43.9 Å². The Balaban J connectivity index is 1.18. The number of nitrogens with zero attached hydrogens (tertiary/aromatic N) is 2. The molecule has 2 saturated heterocycles. The Hall–Kier alpha value is -4.51. The molecule has 2 fully saturated rings. The number of anilines is 2. The zero-order valence-corrected chi connectivity index (χ0v) is 24.2. The van der Waals surface area contributed by atoms with E-state index >= 15 is 0 Å². The lowest BCUT2D eigenvalue weighted by Crippen LogP contribution is -2.52. The fourth-order valence-corrected chi connectivity index (χ4v) is 6.15. The van der Waals surface area contributed by atoms with Crippen molar-refractivity contribution in [3.8, 4) is 0 Å². The average Bonchev–Trinajstić information content (AvgIpc) is 3.51. The van der Waals surface area contributed by atoms with Crippen LogP contribution in [0.1, 0.15) is 50.2 Å². The molecule has 10 nitrogen and oxygen atoms in total. The third-order valence-electron chi connectivity index (χ3n) is 8.32. The smallest absolute Gasteiger partial charge is 0.336 e. The minimum Gasteiger partial charge on any atom is -0.478 e. The normalized spacial score (nSPS) is 20.4. The van der Waals surface area contributed by atoms with Crippen molar-refractivity contribution in [1.29, 1.82) is 0 Å². The quantitative estimate of drug-likeness (QED) is 0.220. The summed E-state index contributed by atoms with van der Waals surface area (Å²) in [6, 6.07) is 20.8. The van der Waals surface area contributed by atoms with Crippen LogP contribution in [-0.4, -0.2) is 78.2 Å². The van der Waals surface area contributed by atoms with Crippen molar-refractivity contribution < 1.29 is 24.3 Å². The van der Waals surface area contributed by atoms with Crippen molar-refractivity contribution in [3.05, 3.63) is 94.5 Å². The van der Waals surface area contributed by atoms with E-state index in [0.29, 0.717) is 58.0 Å². The summed E-state index contributed by atoms with van der Waals surface area (Å²) >= 11 is 0. The first kappa shape index (κ1) is 28.6. The van der Waals surface area contributed by atoms with Gasteiger partial charge in [-0.3, -0.25) is 19.3 Å². The van der Waals surface area contributed by atoms with Crippen LogP contribution in [-0.2, 0) is 9.63 Å². The van der Waals surface area contributed by atoms with Crippen molar-refractivity contribution in [2.45, 2.75) is 31.8 Å². The summed E-state index contributed by atoms with van der Waals surface area (Å²) in [4.78, 5) is 46.1. The second kappa shape index (κ2) is 12.0. The molecule has 3 heterocycles. The highest BCUT2D eigenvalue weighted by Gasteiger charge is 2.32. The second-order valence-corrected chi connectivity index (χ2v) is 11.3. The Morgan fingerprint density at radius 2 is 1.72 bits per heavy atom. The Labute approximate surface area is 250 Å². The molecule has 2 unspecified atom stereocenters. The summed E-state index contributed by atoms with van der Waals surface area (Å²) in [6.45, 7) is 4.96. The summed E-state index contributed by atoms with van der Waals surface area (Å²) in [5, 5.41) is 20.6. The van der Waals surface area contributed by atoms with Crippen molar-refractivity contribution in [2.24, 2.45) is 0 Å². The van der Waals surface area contributed by atoms with Gasteiger partial charge in [-0.15, -0.1) is 0 Å².